The van der Waals surface area contributed by atoms with Crippen molar-refractivity contribution in [2.24, 2.45) is 34.8 Å². The fraction of sp³-hybridized carbons (Fsp3) is 0.574. The van der Waals surface area contributed by atoms with Crippen molar-refractivity contribution in [3.8, 4) is 16.9 Å². The Morgan fingerprint density at radius 3 is 2.36 bits per heavy atom. The number of aliphatic hydroxyl groups is 1. The summed E-state index contributed by atoms with van der Waals surface area (Å²) in [5.74, 6) is 0.885. The van der Waals surface area contributed by atoms with Gasteiger partial charge in [-0.1, -0.05) is 83.1 Å². The van der Waals surface area contributed by atoms with Crippen LogP contribution in [0.2, 0.25) is 0 Å². The molecule has 0 radical (unpaired) electrons. The van der Waals surface area contributed by atoms with Crippen LogP contribution in [-0.2, 0) is 22.6 Å². The number of carbonyl (C=O) groups excluding carboxylic acids is 2. The van der Waals surface area contributed by atoms with Gasteiger partial charge in [0.05, 0.1) is 25.4 Å². The average molecular weight is 799 g/mol. The van der Waals surface area contributed by atoms with Crippen LogP contribution in [0.25, 0.3) is 11.1 Å². The van der Waals surface area contributed by atoms with Crippen LogP contribution in [0.4, 0.5) is 5.69 Å². The number of aliphatic hydroxyl groups excluding tert-OH is 1. The smallest absolute Gasteiger partial charge is 0.251 e. The molecule has 11 nitrogen and oxygen atoms in total. The molecule has 1 aliphatic heterocycles. The first-order chi connectivity index (χ1) is 27.5. The van der Waals surface area contributed by atoms with Crippen molar-refractivity contribution in [3.63, 3.8) is 0 Å². The molecule has 2 aliphatic rings. The summed E-state index contributed by atoms with van der Waals surface area (Å²) in [6, 6.07) is 21.2. The molecule has 3 aromatic rings. The highest BCUT2D eigenvalue weighted by atomic mass is 16.7. The number of likely N-dealkylation sites (N-methyl/N-ethyl adjacent to an activating group) is 1. The number of hydroxylamine groups is 2. The fourth-order valence-corrected chi connectivity index (χ4v) is 9.10. The van der Waals surface area contributed by atoms with Gasteiger partial charge in [-0.05, 0) is 93.3 Å². The third-order valence-corrected chi connectivity index (χ3v) is 13.2. The monoisotopic (exact) mass is 799 g/mol. The van der Waals surface area contributed by atoms with E-state index >= 15 is 0 Å². The number of anilines is 1. The molecule has 2 fully saturated rings. The van der Waals surface area contributed by atoms with Crippen molar-refractivity contribution in [1.29, 1.82) is 0 Å². The van der Waals surface area contributed by atoms with Crippen LogP contribution in [0, 0.1) is 29.1 Å². The Labute approximate surface area is 347 Å². The Kier molecular flexibility index (Phi) is 15.1. The SMILES string of the molecule is CCOc1c(CN2O[C@@H](CN)[C@@H]([C@H](C)O)[C@H]2C(=O)N[C@H]2C[C@@H](C)C(C)(C)[C@@H](C)[C@@H]2C)cccc1-c1cc(C(=O)N[C@@H](Cc2ccccc2)CN(C)C)cc(N(C)C)c1. The summed E-state index contributed by atoms with van der Waals surface area (Å²) < 4.78 is 6.43. The first-order valence-electron chi connectivity index (χ1n) is 21.2. The topological polar surface area (TPSA) is 133 Å². The zero-order valence-electron chi connectivity index (χ0n) is 36.8. The second kappa shape index (κ2) is 19.4. The van der Waals surface area contributed by atoms with Crippen LogP contribution in [-0.4, -0.2) is 105 Å². The second-order valence-electron chi connectivity index (χ2n) is 18.0. The Hall–Kier alpha value is -4.00. The molecule has 318 valence electrons. The maximum absolute atomic E-state index is 14.5. The summed E-state index contributed by atoms with van der Waals surface area (Å²) in [6.07, 6.45) is 0.196. The van der Waals surface area contributed by atoms with E-state index < -0.39 is 24.2 Å². The van der Waals surface area contributed by atoms with E-state index in [9.17, 15) is 14.7 Å². The highest BCUT2D eigenvalue weighted by molar-refractivity contribution is 5.97. The Morgan fingerprint density at radius 2 is 1.74 bits per heavy atom. The molecule has 11 heteroatoms. The first-order valence-corrected chi connectivity index (χ1v) is 21.2. The molecule has 1 aliphatic carbocycles. The number of hydrogen-bond acceptors (Lipinski definition) is 9. The molecule has 3 aromatic carbocycles. The normalized spacial score (nSPS) is 25.6. The van der Waals surface area contributed by atoms with Gasteiger partial charge in [0.1, 0.15) is 11.8 Å². The van der Waals surface area contributed by atoms with E-state index in [1.807, 2.05) is 88.5 Å². The van der Waals surface area contributed by atoms with Gasteiger partial charge in [-0.2, -0.15) is 5.06 Å². The fourth-order valence-electron chi connectivity index (χ4n) is 9.10. The molecule has 58 heavy (non-hydrogen) atoms. The standard InChI is InChI=1S/C47H70N6O5/c1-12-57-44-34(27-53-43(42(32(5)54)41(26-48)58-53)46(56)50-40-21-29(2)47(6,7)31(4)30(40)3)19-16-20-39(44)35-23-36(25-38(24-35)52(10)11)45(55)49-37(28-51(8)9)22-33-17-14-13-15-18-33/h13-20,23-25,29-32,37,40-43,54H,12,21-22,26-28,48H2,1-11H3,(H,49,55)(H,50,56)/t29-,30+,31+,32+,37+,40+,41+,42-,43+/m1/s1. The summed E-state index contributed by atoms with van der Waals surface area (Å²) in [4.78, 5) is 39.1. The molecule has 0 bridgehead atoms. The molecule has 9 atom stereocenters. The van der Waals surface area contributed by atoms with E-state index in [4.69, 9.17) is 15.3 Å². The number of amides is 2. The molecule has 0 spiro atoms. The van der Waals surface area contributed by atoms with E-state index in [-0.39, 0.29) is 48.3 Å². The van der Waals surface area contributed by atoms with Gasteiger partial charge in [-0.25, -0.2) is 0 Å². The molecular formula is C47H70N6O5. The van der Waals surface area contributed by atoms with E-state index in [0.29, 0.717) is 42.7 Å². The number of rotatable bonds is 16. The van der Waals surface area contributed by atoms with Gasteiger partial charge in [-0.15, -0.1) is 0 Å². The number of nitrogens with one attached hydrogen (secondary N) is 2. The summed E-state index contributed by atoms with van der Waals surface area (Å²) in [5, 5.41) is 19.5. The zero-order valence-corrected chi connectivity index (χ0v) is 36.8. The summed E-state index contributed by atoms with van der Waals surface area (Å²) in [5.41, 5.74) is 11.4. The molecule has 5 N–H and O–H groups in total. The lowest BCUT2D eigenvalue weighted by Gasteiger charge is -2.50. The zero-order chi connectivity index (χ0) is 42.5. The van der Waals surface area contributed by atoms with Crippen LogP contribution >= 0.6 is 0 Å². The minimum Gasteiger partial charge on any atom is -0.493 e. The average Bonchev–Trinajstić information content (AvgIpc) is 3.55. The van der Waals surface area contributed by atoms with Gasteiger partial charge in [0.2, 0.25) is 5.91 Å². The van der Waals surface area contributed by atoms with Crippen molar-refractivity contribution in [3.05, 3.63) is 83.4 Å². The minimum absolute atomic E-state index is 0.00636. The number of carbonyl (C=O) groups is 2. The lowest BCUT2D eigenvalue weighted by atomic mass is 9.58. The first kappa shape index (κ1) is 45.1. The van der Waals surface area contributed by atoms with Gasteiger partial charge >= 0.3 is 0 Å². The Bertz CT molecular complexity index is 1830. The summed E-state index contributed by atoms with van der Waals surface area (Å²) >= 11 is 0. The maximum Gasteiger partial charge on any atom is 0.251 e. The molecule has 2 amide bonds. The molecule has 0 unspecified atom stereocenters. The van der Waals surface area contributed by atoms with Crippen LogP contribution in [0.1, 0.15) is 76.4 Å². The van der Waals surface area contributed by atoms with Gasteiger partial charge in [0.25, 0.3) is 5.91 Å². The summed E-state index contributed by atoms with van der Waals surface area (Å²) in [6.45, 7) is 16.5. The molecule has 1 saturated carbocycles. The molecule has 1 saturated heterocycles. The van der Waals surface area contributed by atoms with Crippen molar-refractivity contribution >= 4 is 17.5 Å². The predicted octanol–water partition coefficient (Wildman–Crippen LogP) is 5.98. The molecule has 0 aromatic heterocycles. The number of benzene rings is 3. The van der Waals surface area contributed by atoms with Crippen molar-refractivity contribution in [1.82, 2.24) is 20.6 Å². The van der Waals surface area contributed by atoms with E-state index in [2.05, 4.69) is 68.4 Å². The third kappa shape index (κ3) is 10.2. The Morgan fingerprint density at radius 1 is 1.03 bits per heavy atom. The van der Waals surface area contributed by atoms with Gasteiger partial charge < -0.3 is 36.0 Å². The van der Waals surface area contributed by atoms with Crippen LogP contribution in [0.15, 0.2) is 66.7 Å². The minimum atomic E-state index is -0.837. The summed E-state index contributed by atoms with van der Waals surface area (Å²) in [7, 11) is 7.95. The Balaban J connectivity index is 1.48. The van der Waals surface area contributed by atoms with E-state index in [0.717, 1.165) is 34.4 Å². The highest BCUT2D eigenvalue weighted by Crippen LogP contribution is 2.48. The van der Waals surface area contributed by atoms with Crippen molar-refractivity contribution < 1.29 is 24.3 Å². The van der Waals surface area contributed by atoms with E-state index in [1.54, 1.807) is 12.0 Å². The van der Waals surface area contributed by atoms with E-state index in [1.165, 1.54) is 0 Å². The highest BCUT2D eigenvalue weighted by Gasteiger charge is 2.51. The number of ether oxygens (including phenoxy) is 1. The predicted molar refractivity (Wildman–Crippen MR) is 234 cm³/mol. The van der Waals surface area contributed by atoms with Gasteiger partial charge in [-0.3, -0.25) is 14.4 Å². The maximum atomic E-state index is 14.5. The van der Waals surface area contributed by atoms with Gasteiger partial charge in [0.15, 0.2) is 0 Å². The van der Waals surface area contributed by atoms with Crippen LogP contribution < -0.4 is 26.0 Å². The largest absolute Gasteiger partial charge is 0.493 e. The second-order valence-corrected chi connectivity index (χ2v) is 18.0. The van der Waals surface area contributed by atoms with Crippen LogP contribution in [0.5, 0.6) is 5.75 Å². The lowest BCUT2D eigenvalue weighted by molar-refractivity contribution is -0.174. The lowest BCUT2D eigenvalue weighted by Crippen LogP contribution is -2.56. The molecule has 1 heterocycles. The number of nitrogens with zero attached hydrogens (tertiary/aromatic N) is 3. The number of nitrogens with two attached hydrogens (primary N) is 1. The van der Waals surface area contributed by atoms with Crippen LogP contribution in [0.3, 0.4) is 0 Å². The van der Waals surface area contributed by atoms with Crippen molar-refractivity contribution in [2.45, 2.75) is 98.2 Å². The quantitative estimate of drug-likeness (QED) is 0.138. The molecule has 5 rings (SSSR count). The van der Waals surface area contributed by atoms with Crippen molar-refractivity contribution in [2.75, 3.05) is 52.8 Å². The molecular weight excluding hydrogens is 729 g/mol. The number of para-hydroxylation sites is 1. The third-order valence-electron chi connectivity index (χ3n) is 13.2. The number of hydrogen-bond donors (Lipinski definition) is 4. The van der Waals surface area contributed by atoms with Gasteiger partial charge in [0, 0.05) is 67.6 Å².